The fourth-order valence-corrected chi connectivity index (χ4v) is 4.14. The Bertz CT molecular complexity index is 415. The molecule has 1 aliphatic rings. The van der Waals surface area contributed by atoms with E-state index in [1.54, 1.807) is 0 Å². The highest BCUT2D eigenvalue weighted by atomic mass is 32.2. The first-order valence-electron chi connectivity index (χ1n) is 7.77. The Hall–Kier alpha value is -0.670. The van der Waals surface area contributed by atoms with Crippen LogP contribution in [0.2, 0.25) is 0 Å². The van der Waals surface area contributed by atoms with E-state index in [4.69, 9.17) is 10.5 Å². The van der Waals surface area contributed by atoms with E-state index >= 15 is 0 Å². The maximum atomic E-state index is 6.07. The highest BCUT2D eigenvalue weighted by Crippen LogP contribution is 2.35. The smallest absolute Gasteiger partial charge is 0.122 e. The van der Waals surface area contributed by atoms with Crippen LogP contribution in [0.3, 0.4) is 0 Å². The second-order valence-corrected chi connectivity index (χ2v) is 6.89. The topological polar surface area (TPSA) is 35.2 Å². The number of benzene rings is 1. The SMILES string of the molecule is CCCOc1ccc(C(CN)C2CCSCC2)cc1C. The van der Waals surface area contributed by atoms with Crippen LogP contribution in [0, 0.1) is 12.8 Å². The summed E-state index contributed by atoms with van der Waals surface area (Å²) in [5.74, 6) is 4.86. The predicted octanol–water partition coefficient (Wildman–Crippen LogP) is 3.97. The molecule has 20 heavy (non-hydrogen) atoms. The van der Waals surface area contributed by atoms with Gasteiger partial charge in [0.25, 0.3) is 0 Å². The van der Waals surface area contributed by atoms with Crippen LogP contribution < -0.4 is 10.5 Å². The van der Waals surface area contributed by atoms with Crippen LogP contribution in [-0.4, -0.2) is 24.7 Å². The summed E-state index contributed by atoms with van der Waals surface area (Å²) in [6, 6.07) is 6.63. The number of rotatable bonds is 6. The van der Waals surface area contributed by atoms with E-state index in [-0.39, 0.29) is 0 Å². The number of hydrogen-bond donors (Lipinski definition) is 1. The molecule has 0 amide bonds. The van der Waals surface area contributed by atoms with Gasteiger partial charge in [-0.3, -0.25) is 0 Å². The summed E-state index contributed by atoms with van der Waals surface area (Å²) in [6.07, 6.45) is 3.66. The van der Waals surface area contributed by atoms with Crippen molar-refractivity contribution in [3.05, 3.63) is 29.3 Å². The molecule has 112 valence electrons. The molecular formula is C17H27NOS. The zero-order valence-electron chi connectivity index (χ0n) is 12.7. The molecule has 2 nitrogen and oxygen atoms in total. The van der Waals surface area contributed by atoms with Crippen LogP contribution in [0.15, 0.2) is 18.2 Å². The Morgan fingerprint density at radius 2 is 2.10 bits per heavy atom. The lowest BCUT2D eigenvalue weighted by molar-refractivity contribution is 0.315. The minimum absolute atomic E-state index is 0.509. The predicted molar refractivity (Wildman–Crippen MR) is 88.8 cm³/mol. The summed E-state index contributed by atoms with van der Waals surface area (Å²) in [5.41, 5.74) is 8.70. The van der Waals surface area contributed by atoms with Crippen molar-refractivity contribution in [3.8, 4) is 5.75 Å². The zero-order chi connectivity index (χ0) is 14.4. The second kappa shape index (κ2) is 7.94. The molecule has 0 spiro atoms. The molecule has 0 radical (unpaired) electrons. The quantitative estimate of drug-likeness (QED) is 0.862. The first kappa shape index (κ1) is 15.7. The number of hydrogen-bond acceptors (Lipinski definition) is 3. The van der Waals surface area contributed by atoms with Crippen LogP contribution in [0.25, 0.3) is 0 Å². The van der Waals surface area contributed by atoms with E-state index in [0.717, 1.165) is 31.2 Å². The summed E-state index contributed by atoms with van der Waals surface area (Å²) in [5, 5.41) is 0. The van der Waals surface area contributed by atoms with E-state index in [1.807, 2.05) is 0 Å². The van der Waals surface area contributed by atoms with Crippen LogP contribution >= 0.6 is 11.8 Å². The molecule has 1 aliphatic heterocycles. The van der Waals surface area contributed by atoms with Crippen LogP contribution in [0.4, 0.5) is 0 Å². The third kappa shape index (κ3) is 3.92. The van der Waals surface area contributed by atoms with Gasteiger partial charge in [-0.05, 0) is 73.3 Å². The van der Waals surface area contributed by atoms with Gasteiger partial charge in [-0.15, -0.1) is 0 Å². The summed E-state index contributed by atoms with van der Waals surface area (Å²) in [7, 11) is 0. The third-order valence-electron chi connectivity index (χ3n) is 4.18. The van der Waals surface area contributed by atoms with Gasteiger partial charge in [-0.25, -0.2) is 0 Å². The van der Waals surface area contributed by atoms with Gasteiger partial charge in [-0.2, -0.15) is 11.8 Å². The van der Waals surface area contributed by atoms with E-state index in [0.29, 0.717) is 5.92 Å². The second-order valence-electron chi connectivity index (χ2n) is 5.67. The third-order valence-corrected chi connectivity index (χ3v) is 5.23. The summed E-state index contributed by atoms with van der Waals surface area (Å²) in [6.45, 7) is 5.82. The Kier molecular flexibility index (Phi) is 6.24. The summed E-state index contributed by atoms with van der Waals surface area (Å²) < 4.78 is 5.77. The molecule has 2 N–H and O–H groups in total. The largest absolute Gasteiger partial charge is 0.493 e. The van der Waals surface area contributed by atoms with E-state index < -0.39 is 0 Å². The van der Waals surface area contributed by atoms with Crippen molar-refractivity contribution < 1.29 is 4.74 Å². The minimum Gasteiger partial charge on any atom is -0.493 e. The van der Waals surface area contributed by atoms with E-state index in [9.17, 15) is 0 Å². The molecule has 1 heterocycles. The molecule has 0 bridgehead atoms. The molecule has 1 unspecified atom stereocenters. The fraction of sp³-hybridized carbons (Fsp3) is 0.647. The molecular weight excluding hydrogens is 266 g/mol. The van der Waals surface area contributed by atoms with E-state index in [1.165, 1.54) is 35.5 Å². The lowest BCUT2D eigenvalue weighted by atomic mass is 9.82. The van der Waals surface area contributed by atoms with Crippen molar-refractivity contribution >= 4 is 11.8 Å². The lowest BCUT2D eigenvalue weighted by Gasteiger charge is -2.30. The molecule has 2 rings (SSSR count). The highest BCUT2D eigenvalue weighted by Gasteiger charge is 2.24. The van der Waals surface area contributed by atoms with Gasteiger partial charge in [0, 0.05) is 0 Å². The van der Waals surface area contributed by atoms with Gasteiger partial charge in [0.2, 0.25) is 0 Å². The Morgan fingerprint density at radius 1 is 1.35 bits per heavy atom. The van der Waals surface area contributed by atoms with Gasteiger partial charge in [0.15, 0.2) is 0 Å². The first-order chi connectivity index (χ1) is 9.76. The zero-order valence-corrected chi connectivity index (χ0v) is 13.5. The Morgan fingerprint density at radius 3 is 2.70 bits per heavy atom. The standard InChI is InChI=1S/C17H27NOS/c1-3-8-19-17-5-4-15(11-13(17)2)16(12-18)14-6-9-20-10-7-14/h4-5,11,14,16H,3,6-10,12,18H2,1-2H3. The van der Waals surface area contributed by atoms with Crippen molar-refractivity contribution in [1.82, 2.24) is 0 Å². The number of ether oxygens (including phenoxy) is 1. The van der Waals surface area contributed by atoms with Gasteiger partial charge in [0.05, 0.1) is 6.61 Å². The maximum Gasteiger partial charge on any atom is 0.122 e. The first-order valence-corrected chi connectivity index (χ1v) is 8.92. The lowest BCUT2D eigenvalue weighted by Crippen LogP contribution is -2.25. The molecule has 3 heteroatoms. The molecule has 1 saturated heterocycles. The Balaban J connectivity index is 2.11. The molecule has 1 aromatic rings. The molecule has 1 fully saturated rings. The highest BCUT2D eigenvalue weighted by molar-refractivity contribution is 7.99. The summed E-state index contributed by atoms with van der Waals surface area (Å²) >= 11 is 2.08. The van der Waals surface area contributed by atoms with Crippen LogP contribution in [-0.2, 0) is 0 Å². The van der Waals surface area contributed by atoms with Crippen molar-refractivity contribution in [2.75, 3.05) is 24.7 Å². The van der Waals surface area contributed by atoms with Gasteiger partial charge >= 0.3 is 0 Å². The molecule has 1 aromatic carbocycles. The van der Waals surface area contributed by atoms with Crippen molar-refractivity contribution in [2.24, 2.45) is 11.7 Å². The maximum absolute atomic E-state index is 6.07. The normalized spacial score (nSPS) is 17.9. The molecule has 0 saturated carbocycles. The number of aryl methyl sites for hydroxylation is 1. The fourth-order valence-electron chi connectivity index (χ4n) is 3.00. The van der Waals surface area contributed by atoms with Crippen molar-refractivity contribution in [1.29, 1.82) is 0 Å². The van der Waals surface area contributed by atoms with Crippen LogP contribution in [0.1, 0.15) is 43.2 Å². The molecule has 0 aliphatic carbocycles. The average Bonchev–Trinajstić information content (AvgIpc) is 2.48. The van der Waals surface area contributed by atoms with E-state index in [2.05, 4.69) is 43.8 Å². The average molecular weight is 293 g/mol. The van der Waals surface area contributed by atoms with Crippen molar-refractivity contribution in [2.45, 2.75) is 39.0 Å². The minimum atomic E-state index is 0.509. The number of thioether (sulfide) groups is 1. The van der Waals surface area contributed by atoms with Gasteiger partial charge in [-0.1, -0.05) is 19.1 Å². The Labute approximate surface area is 127 Å². The summed E-state index contributed by atoms with van der Waals surface area (Å²) in [4.78, 5) is 0. The van der Waals surface area contributed by atoms with Crippen LogP contribution in [0.5, 0.6) is 5.75 Å². The van der Waals surface area contributed by atoms with Crippen molar-refractivity contribution in [3.63, 3.8) is 0 Å². The molecule has 1 atom stereocenters. The molecule has 0 aromatic heterocycles. The van der Waals surface area contributed by atoms with Gasteiger partial charge < -0.3 is 10.5 Å². The number of nitrogens with two attached hydrogens (primary N) is 1. The van der Waals surface area contributed by atoms with Gasteiger partial charge in [0.1, 0.15) is 5.75 Å². The monoisotopic (exact) mass is 293 g/mol.